The first-order valence-corrected chi connectivity index (χ1v) is 13.4. The molecule has 0 bridgehead atoms. The van der Waals surface area contributed by atoms with Crippen LogP contribution in [0.2, 0.25) is 0 Å². The second kappa shape index (κ2) is 12.8. The Morgan fingerprint density at radius 2 is 1.62 bits per heavy atom. The number of aromatic nitrogens is 1. The standard InChI is InChI=1S/C24H24FN3O4S.C2HF3O2/c25-19-7-4-8-21(14-19)33(31,32)27-20-15-22(24(29)30)23(26-16-20)28-11-9-18(10-12-28)13-17-5-2-1-3-6-17;3-2(4,5)1(6)7/h1-8,14-16,18,27H,9-13H2,(H,29,30);(H,6,7). The van der Waals surface area contributed by atoms with E-state index < -0.39 is 34.0 Å². The molecule has 1 fully saturated rings. The van der Waals surface area contributed by atoms with Gasteiger partial charge < -0.3 is 15.1 Å². The van der Waals surface area contributed by atoms with Crippen LogP contribution in [-0.4, -0.2) is 54.8 Å². The Morgan fingerprint density at radius 1 is 1.00 bits per heavy atom. The van der Waals surface area contributed by atoms with E-state index in [0.29, 0.717) is 24.8 Å². The summed E-state index contributed by atoms with van der Waals surface area (Å²) in [4.78, 5) is 26.7. The molecule has 4 rings (SSSR count). The summed E-state index contributed by atoms with van der Waals surface area (Å²) < 4.78 is 72.5. The molecule has 0 radical (unpaired) electrons. The number of hydrogen-bond donors (Lipinski definition) is 3. The van der Waals surface area contributed by atoms with E-state index in [-0.39, 0.29) is 16.1 Å². The maximum Gasteiger partial charge on any atom is 0.490 e. The van der Waals surface area contributed by atoms with Crippen LogP contribution in [0.5, 0.6) is 0 Å². The number of pyridine rings is 1. The average molecular weight is 584 g/mol. The number of halogens is 4. The molecule has 1 aliphatic rings. The normalized spacial score (nSPS) is 14.2. The number of alkyl halides is 3. The van der Waals surface area contributed by atoms with Crippen LogP contribution < -0.4 is 9.62 Å². The van der Waals surface area contributed by atoms with Crippen molar-refractivity contribution < 1.29 is 45.8 Å². The quantitative estimate of drug-likeness (QED) is 0.337. The van der Waals surface area contributed by atoms with Gasteiger partial charge in [-0.2, -0.15) is 13.2 Å². The Bertz CT molecular complexity index is 1440. The maximum atomic E-state index is 13.4. The first kappa shape index (κ1) is 30.3. The third-order valence-corrected chi connectivity index (χ3v) is 7.36. The van der Waals surface area contributed by atoms with Gasteiger partial charge in [0.1, 0.15) is 17.2 Å². The molecular weight excluding hydrogens is 558 g/mol. The Kier molecular flexibility index (Phi) is 9.69. The largest absolute Gasteiger partial charge is 0.490 e. The molecule has 1 saturated heterocycles. The van der Waals surface area contributed by atoms with Crippen LogP contribution in [0.3, 0.4) is 0 Å². The molecule has 3 aromatic rings. The lowest BCUT2D eigenvalue weighted by Crippen LogP contribution is -2.36. The van der Waals surface area contributed by atoms with Crippen LogP contribution in [0, 0.1) is 11.7 Å². The van der Waals surface area contributed by atoms with Crippen molar-refractivity contribution in [2.75, 3.05) is 22.7 Å². The molecule has 3 N–H and O–H groups in total. The average Bonchev–Trinajstić information content (AvgIpc) is 2.89. The third-order valence-electron chi connectivity index (χ3n) is 5.98. The summed E-state index contributed by atoms with van der Waals surface area (Å²) in [7, 11) is -4.09. The summed E-state index contributed by atoms with van der Waals surface area (Å²) in [6, 6.07) is 16.1. The number of carboxylic acids is 2. The van der Waals surface area contributed by atoms with Gasteiger partial charge in [0.2, 0.25) is 0 Å². The first-order valence-electron chi connectivity index (χ1n) is 11.9. The van der Waals surface area contributed by atoms with Gasteiger partial charge in [-0.1, -0.05) is 36.4 Å². The number of hydrogen-bond acceptors (Lipinski definition) is 6. The van der Waals surface area contributed by atoms with E-state index in [1.54, 1.807) is 0 Å². The Morgan fingerprint density at radius 3 is 2.17 bits per heavy atom. The summed E-state index contributed by atoms with van der Waals surface area (Å²) in [5, 5.41) is 16.9. The van der Waals surface area contributed by atoms with Crippen LogP contribution >= 0.6 is 0 Å². The highest BCUT2D eigenvalue weighted by molar-refractivity contribution is 7.92. The minimum atomic E-state index is -5.08. The van der Waals surface area contributed by atoms with Crippen LogP contribution in [0.25, 0.3) is 0 Å². The number of aromatic carboxylic acids is 1. The molecule has 214 valence electrons. The Hall–Kier alpha value is -4.20. The van der Waals surface area contributed by atoms with Crippen LogP contribution in [-0.2, 0) is 21.2 Å². The third kappa shape index (κ3) is 8.40. The van der Waals surface area contributed by atoms with Crippen molar-refractivity contribution in [3.05, 3.63) is 83.8 Å². The molecule has 0 amide bonds. The molecule has 14 heteroatoms. The SMILES string of the molecule is O=C(O)C(F)(F)F.O=C(O)c1cc(NS(=O)(=O)c2cccc(F)c2)cnc1N1CCC(Cc2ccccc2)CC1. The van der Waals surface area contributed by atoms with Crippen LogP contribution in [0.15, 0.2) is 71.8 Å². The summed E-state index contributed by atoms with van der Waals surface area (Å²) in [5.74, 6) is -3.82. The van der Waals surface area contributed by atoms with Gasteiger partial charge in [-0.3, -0.25) is 4.72 Å². The van der Waals surface area contributed by atoms with Crippen molar-refractivity contribution in [2.24, 2.45) is 5.92 Å². The van der Waals surface area contributed by atoms with Crippen LogP contribution in [0.4, 0.5) is 29.1 Å². The predicted octanol–water partition coefficient (Wildman–Crippen LogP) is 4.81. The fourth-order valence-electron chi connectivity index (χ4n) is 4.07. The summed E-state index contributed by atoms with van der Waals surface area (Å²) >= 11 is 0. The number of aliphatic carboxylic acids is 1. The van der Waals surface area contributed by atoms with Crippen LogP contribution in [0.1, 0.15) is 28.8 Å². The molecule has 40 heavy (non-hydrogen) atoms. The molecule has 0 aliphatic carbocycles. The first-order chi connectivity index (χ1) is 18.8. The van der Waals surface area contributed by atoms with E-state index in [0.717, 1.165) is 31.4 Å². The number of carbonyl (C=O) groups is 2. The zero-order valence-corrected chi connectivity index (χ0v) is 21.6. The van der Waals surface area contributed by atoms with Crippen molar-refractivity contribution in [3.8, 4) is 0 Å². The number of anilines is 2. The fourth-order valence-corrected chi connectivity index (χ4v) is 5.13. The number of carboxylic acid groups (broad SMARTS) is 2. The van der Waals surface area contributed by atoms with E-state index in [1.165, 1.54) is 30.0 Å². The van der Waals surface area contributed by atoms with Crippen molar-refractivity contribution in [3.63, 3.8) is 0 Å². The summed E-state index contributed by atoms with van der Waals surface area (Å²) in [6.07, 6.45) is -1.00. The van der Waals surface area contributed by atoms with Crippen molar-refractivity contribution in [1.82, 2.24) is 4.98 Å². The summed E-state index contributed by atoms with van der Waals surface area (Å²) in [6.45, 7) is 1.33. The number of nitrogens with zero attached hydrogens (tertiary/aromatic N) is 2. The number of rotatable bonds is 7. The highest BCUT2D eigenvalue weighted by atomic mass is 32.2. The Balaban J connectivity index is 0.000000559. The van der Waals surface area contributed by atoms with Crippen molar-refractivity contribution >= 4 is 33.5 Å². The van der Waals surface area contributed by atoms with E-state index in [9.17, 15) is 35.9 Å². The molecule has 2 heterocycles. The molecule has 1 aliphatic heterocycles. The van der Waals surface area contributed by atoms with E-state index in [2.05, 4.69) is 21.8 Å². The van der Waals surface area contributed by atoms with Crippen molar-refractivity contribution in [1.29, 1.82) is 0 Å². The maximum absolute atomic E-state index is 13.4. The van der Waals surface area contributed by atoms with Gasteiger partial charge in [0.05, 0.1) is 16.8 Å². The topological polar surface area (TPSA) is 137 Å². The molecule has 0 atom stereocenters. The lowest BCUT2D eigenvalue weighted by atomic mass is 9.90. The number of benzene rings is 2. The Labute approximate surface area is 227 Å². The van der Waals surface area contributed by atoms with Crippen molar-refractivity contribution in [2.45, 2.75) is 30.3 Å². The van der Waals surface area contributed by atoms with Gasteiger partial charge in [0.25, 0.3) is 10.0 Å². The van der Waals surface area contributed by atoms with Gasteiger partial charge in [-0.15, -0.1) is 0 Å². The second-order valence-corrected chi connectivity index (χ2v) is 10.6. The predicted molar refractivity (Wildman–Crippen MR) is 137 cm³/mol. The van der Waals surface area contributed by atoms with Gasteiger partial charge in [0.15, 0.2) is 0 Å². The molecule has 0 saturated carbocycles. The monoisotopic (exact) mass is 583 g/mol. The van der Waals surface area contributed by atoms with E-state index in [1.807, 2.05) is 23.1 Å². The molecule has 0 unspecified atom stereocenters. The molecule has 2 aromatic carbocycles. The van der Waals surface area contributed by atoms with E-state index in [4.69, 9.17) is 9.90 Å². The molecular formula is C26H25F4N3O6S. The second-order valence-electron chi connectivity index (χ2n) is 8.89. The number of nitrogens with one attached hydrogen (secondary N) is 1. The van der Waals surface area contributed by atoms with Gasteiger partial charge in [0, 0.05) is 13.1 Å². The highest BCUT2D eigenvalue weighted by Gasteiger charge is 2.38. The lowest BCUT2D eigenvalue weighted by Gasteiger charge is -2.33. The lowest BCUT2D eigenvalue weighted by molar-refractivity contribution is -0.192. The molecule has 9 nitrogen and oxygen atoms in total. The zero-order chi connectivity index (χ0) is 29.5. The van der Waals surface area contributed by atoms with E-state index >= 15 is 0 Å². The van der Waals surface area contributed by atoms with Gasteiger partial charge in [-0.25, -0.2) is 27.4 Å². The number of sulfonamides is 1. The van der Waals surface area contributed by atoms with Gasteiger partial charge in [-0.05, 0) is 55.0 Å². The summed E-state index contributed by atoms with van der Waals surface area (Å²) in [5.41, 5.74) is 1.20. The fraction of sp³-hybridized carbons (Fsp3) is 0.269. The molecule has 1 aromatic heterocycles. The number of piperidine rings is 1. The zero-order valence-electron chi connectivity index (χ0n) is 20.8. The minimum absolute atomic E-state index is 0.000579. The smallest absolute Gasteiger partial charge is 0.478 e. The minimum Gasteiger partial charge on any atom is -0.478 e. The van der Waals surface area contributed by atoms with Gasteiger partial charge >= 0.3 is 18.1 Å². The highest BCUT2D eigenvalue weighted by Crippen LogP contribution is 2.29. The molecule has 0 spiro atoms.